The van der Waals surface area contributed by atoms with Crippen molar-refractivity contribution in [2.24, 2.45) is 5.41 Å². The fourth-order valence-electron chi connectivity index (χ4n) is 4.00. The second-order valence-corrected chi connectivity index (χ2v) is 8.57. The van der Waals surface area contributed by atoms with Crippen LogP contribution in [0.3, 0.4) is 0 Å². The molecule has 0 unspecified atom stereocenters. The van der Waals surface area contributed by atoms with Crippen molar-refractivity contribution in [1.29, 1.82) is 5.26 Å². The van der Waals surface area contributed by atoms with E-state index >= 15 is 0 Å². The van der Waals surface area contributed by atoms with E-state index in [9.17, 15) is 10.1 Å². The van der Waals surface area contributed by atoms with E-state index in [1.807, 2.05) is 32.6 Å². The highest BCUT2D eigenvalue weighted by Gasteiger charge is 2.50. The van der Waals surface area contributed by atoms with Crippen molar-refractivity contribution in [2.45, 2.75) is 58.3 Å². The molecule has 1 amide bonds. The van der Waals surface area contributed by atoms with Crippen LogP contribution < -0.4 is 16.0 Å². The molecule has 9 heteroatoms. The zero-order valence-electron chi connectivity index (χ0n) is 16.9. The van der Waals surface area contributed by atoms with Gasteiger partial charge in [0.25, 0.3) is 0 Å². The Kier molecular flexibility index (Phi) is 5.35. The number of ether oxygens (including phenoxy) is 2. The number of hydrogen-bond acceptors (Lipinski definition) is 8. The minimum absolute atomic E-state index is 0.0964. The van der Waals surface area contributed by atoms with Crippen LogP contribution in [0.1, 0.15) is 46.2 Å². The van der Waals surface area contributed by atoms with Crippen molar-refractivity contribution < 1.29 is 14.3 Å². The number of hydrogen-bond donors (Lipinski definition) is 2. The highest BCUT2D eigenvalue weighted by Crippen LogP contribution is 2.43. The van der Waals surface area contributed by atoms with Crippen molar-refractivity contribution in [3.8, 4) is 6.07 Å². The number of nitrogen functional groups attached to an aromatic ring is 1. The fraction of sp³-hybridized carbons (Fsp3) is 0.684. The minimum Gasteiger partial charge on any atom is -0.444 e. The first-order valence-electron chi connectivity index (χ1n) is 9.52. The molecule has 3 N–H and O–H groups in total. The molecule has 1 aromatic rings. The van der Waals surface area contributed by atoms with Gasteiger partial charge in [0, 0.05) is 18.5 Å². The van der Waals surface area contributed by atoms with Crippen LogP contribution in [0.4, 0.5) is 16.4 Å². The van der Waals surface area contributed by atoms with Gasteiger partial charge in [-0.05, 0) is 40.5 Å². The van der Waals surface area contributed by atoms with Gasteiger partial charge in [-0.3, -0.25) is 0 Å². The molecule has 2 aliphatic rings. The summed E-state index contributed by atoms with van der Waals surface area (Å²) in [6.45, 7) is 9.43. The SMILES string of the molecule is C[C@@H]1OCC2(CCN(c3nc(N)cnc3C#N)CC2)[C@@H]1NC(=O)OC(C)(C)C. The molecule has 1 spiro atoms. The summed E-state index contributed by atoms with van der Waals surface area (Å²) in [7, 11) is 0. The number of carbonyl (C=O) groups excluding carboxylic acids is 1. The predicted molar refractivity (Wildman–Crippen MR) is 104 cm³/mol. The van der Waals surface area contributed by atoms with Gasteiger partial charge in [0.1, 0.15) is 17.5 Å². The zero-order valence-corrected chi connectivity index (χ0v) is 16.9. The Hall–Kier alpha value is -2.60. The van der Waals surface area contributed by atoms with Crippen molar-refractivity contribution >= 4 is 17.7 Å². The molecule has 3 heterocycles. The second-order valence-electron chi connectivity index (χ2n) is 8.57. The molecule has 2 atom stereocenters. The van der Waals surface area contributed by atoms with Crippen molar-refractivity contribution in [1.82, 2.24) is 15.3 Å². The number of nitrogens with two attached hydrogens (primary N) is 1. The largest absolute Gasteiger partial charge is 0.444 e. The number of nitriles is 1. The molecule has 0 saturated carbocycles. The molecule has 3 rings (SSSR count). The maximum atomic E-state index is 12.3. The average Bonchev–Trinajstić information content (AvgIpc) is 2.90. The molecule has 2 fully saturated rings. The molecular weight excluding hydrogens is 360 g/mol. The first-order chi connectivity index (χ1) is 13.1. The number of amides is 1. The second kappa shape index (κ2) is 7.43. The Labute approximate surface area is 165 Å². The van der Waals surface area contributed by atoms with Crippen LogP contribution >= 0.6 is 0 Å². The maximum Gasteiger partial charge on any atom is 0.407 e. The van der Waals surface area contributed by atoms with E-state index in [1.165, 1.54) is 6.20 Å². The monoisotopic (exact) mass is 388 g/mol. The molecule has 2 aliphatic heterocycles. The smallest absolute Gasteiger partial charge is 0.407 e. The standard InChI is InChI=1S/C19H28N6O3/c1-12-15(24-17(26)28-18(2,3)4)19(11-27-12)5-7-25(8-6-19)16-13(9-20)22-10-14(21)23-16/h10,12,15H,5-8,11H2,1-4H3,(H2,21,23)(H,24,26)/t12-,15+/m0/s1. The summed E-state index contributed by atoms with van der Waals surface area (Å²) in [5.74, 6) is 0.803. The Morgan fingerprint density at radius 2 is 2.14 bits per heavy atom. The lowest BCUT2D eigenvalue weighted by Crippen LogP contribution is -2.55. The first-order valence-corrected chi connectivity index (χ1v) is 9.52. The summed E-state index contributed by atoms with van der Waals surface area (Å²) < 4.78 is 11.3. The molecule has 2 saturated heterocycles. The van der Waals surface area contributed by atoms with E-state index in [0.717, 1.165) is 12.8 Å². The number of aromatic nitrogens is 2. The van der Waals surface area contributed by atoms with Gasteiger partial charge >= 0.3 is 6.09 Å². The summed E-state index contributed by atoms with van der Waals surface area (Å²) in [5.41, 5.74) is 5.30. The summed E-state index contributed by atoms with van der Waals surface area (Å²) in [6, 6.07) is 1.94. The first kappa shape index (κ1) is 20.1. The number of nitrogens with zero attached hydrogens (tertiary/aromatic N) is 4. The number of carbonyl (C=O) groups is 1. The van der Waals surface area contributed by atoms with Crippen LogP contribution in [-0.4, -0.2) is 53.5 Å². The van der Waals surface area contributed by atoms with Crippen LogP contribution in [0, 0.1) is 16.7 Å². The van der Waals surface area contributed by atoms with E-state index in [-0.39, 0.29) is 29.1 Å². The van der Waals surface area contributed by atoms with E-state index in [0.29, 0.717) is 25.5 Å². The predicted octanol–water partition coefficient (Wildman–Crippen LogP) is 1.83. The quantitative estimate of drug-likeness (QED) is 0.786. The lowest BCUT2D eigenvalue weighted by atomic mass is 9.73. The number of nitrogens with one attached hydrogen (secondary N) is 1. The normalized spacial score (nSPS) is 24.0. The molecule has 28 heavy (non-hydrogen) atoms. The summed E-state index contributed by atoms with van der Waals surface area (Å²) in [4.78, 5) is 22.7. The molecule has 9 nitrogen and oxygen atoms in total. The van der Waals surface area contributed by atoms with Gasteiger partial charge in [-0.2, -0.15) is 5.26 Å². The summed E-state index contributed by atoms with van der Waals surface area (Å²) in [5, 5.41) is 12.3. The number of anilines is 2. The Morgan fingerprint density at radius 1 is 1.46 bits per heavy atom. The summed E-state index contributed by atoms with van der Waals surface area (Å²) in [6.07, 6.45) is 2.45. The van der Waals surface area contributed by atoms with Gasteiger partial charge in [-0.1, -0.05) is 0 Å². The third-order valence-corrected chi connectivity index (χ3v) is 5.37. The number of alkyl carbamates (subject to hydrolysis) is 1. The Bertz CT molecular complexity index is 777. The maximum absolute atomic E-state index is 12.3. The molecule has 0 aliphatic carbocycles. The van der Waals surface area contributed by atoms with E-state index in [2.05, 4.69) is 21.4 Å². The van der Waals surface area contributed by atoms with Gasteiger partial charge in [0.2, 0.25) is 0 Å². The third-order valence-electron chi connectivity index (χ3n) is 5.37. The lowest BCUT2D eigenvalue weighted by molar-refractivity contribution is 0.0434. The Balaban J connectivity index is 1.72. The van der Waals surface area contributed by atoms with E-state index < -0.39 is 11.7 Å². The van der Waals surface area contributed by atoms with Gasteiger partial charge in [-0.15, -0.1) is 0 Å². The molecule has 0 radical (unpaired) electrons. The van der Waals surface area contributed by atoms with E-state index in [1.54, 1.807) is 0 Å². The lowest BCUT2D eigenvalue weighted by Gasteiger charge is -2.43. The molecular formula is C19H28N6O3. The third kappa shape index (κ3) is 4.12. The van der Waals surface area contributed by atoms with Crippen molar-refractivity contribution in [3.05, 3.63) is 11.9 Å². The van der Waals surface area contributed by atoms with Crippen molar-refractivity contribution in [2.75, 3.05) is 30.3 Å². The Morgan fingerprint density at radius 3 is 2.75 bits per heavy atom. The molecule has 1 aromatic heterocycles. The van der Waals surface area contributed by atoms with Crippen LogP contribution in [0.5, 0.6) is 0 Å². The van der Waals surface area contributed by atoms with Crippen molar-refractivity contribution in [3.63, 3.8) is 0 Å². The van der Waals surface area contributed by atoms with Crippen LogP contribution in [0.2, 0.25) is 0 Å². The number of rotatable bonds is 2. The fourth-order valence-corrected chi connectivity index (χ4v) is 4.00. The molecule has 0 bridgehead atoms. The van der Waals surface area contributed by atoms with Crippen LogP contribution in [0.25, 0.3) is 0 Å². The van der Waals surface area contributed by atoms with Gasteiger partial charge in [0.05, 0.1) is 24.9 Å². The molecule has 152 valence electrons. The highest BCUT2D eigenvalue weighted by molar-refractivity contribution is 5.68. The topological polar surface area (TPSA) is 126 Å². The highest BCUT2D eigenvalue weighted by atomic mass is 16.6. The molecule has 0 aromatic carbocycles. The summed E-state index contributed by atoms with van der Waals surface area (Å²) >= 11 is 0. The van der Waals surface area contributed by atoms with E-state index in [4.69, 9.17) is 15.2 Å². The minimum atomic E-state index is -0.553. The van der Waals surface area contributed by atoms with Gasteiger partial charge < -0.3 is 25.4 Å². The number of piperidine rings is 1. The zero-order chi connectivity index (χ0) is 20.5. The van der Waals surface area contributed by atoms with Gasteiger partial charge in [0.15, 0.2) is 11.5 Å². The average molecular weight is 388 g/mol. The van der Waals surface area contributed by atoms with Crippen LogP contribution in [-0.2, 0) is 9.47 Å². The van der Waals surface area contributed by atoms with Gasteiger partial charge in [-0.25, -0.2) is 14.8 Å². The van der Waals surface area contributed by atoms with Crippen LogP contribution in [0.15, 0.2) is 6.20 Å².